The predicted molar refractivity (Wildman–Crippen MR) is 77.0 cm³/mol. The molecule has 2 aromatic rings. The molecule has 1 unspecified atom stereocenters. The van der Waals surface area contributed by atoms with E-state index >= 15 is 0 Å². The largest absolute Gasteiger partial charge is 0.399 e. The fraction of sp³-hybridized carbons (Fsp3) is 0.250. The highest BCUT2D eigenvalue weighted by molar-refractivity contribution is 5.58. The van der Waals surface area contributed by atoms with E-state index in [1.165, 1.54) is 28.8 Å². The maximum Gasteiger partial charge on any atom is 0.0371 e. The average Bonchev–Trinajstić information content (AvgIpc) is 2.33. The molecule has 1 aliphatic carbocycles. The molecule has 0 saturated heterocycles. The zero-order valence-electron chi connectivity index (χ0n) is 10.6. The highest BCUT2D eigenvalue weighted by atomic mass is 14.9. The molecular weight excluding hydrogens is 220 g/mol. The van der Waals surface area contributed by atoms with Crippen LogP contribution in [-0.2, 0) is 6.42 Å². The summed E-state index contributed by atoms with van der Waals surface area (Å²) >= 11 is 0. The quantitative estimate of drug-likeness (QED) is 0.805. The van der Waals surface area contributed by atoms with E-state index in [4.69, 9.17) is 5.73 Å². The summed E-state index contributed by atoms with van der Waals surface area (Å²) in [5.74, 6) is 0.651. The van der Waals surface area contributed by atoms with Crippen molar-refractivity contribution in [2.24, 2.45) is 0 Å². The number of hydrogen-bond acceptors (Lipinski definition) is 2. The van der Waals surface area contributed by atoms with E-state index in [1.54, 1.807) is 0 Å². The number of nitrogen functional groups attached to an aromatic ring is 1. The Hall–Kier alpha value is -1.96. The summed E-state index contributed by atoms with van der Waals surface area (Å²) in [5, 5.41) is 3.53. The van der Waals surface area contributed by atoms with Crippen LogP contribution >= 0.6 is 0 Å². The van der Waals surface area contributed by atoms with E-state index in [0.29, 0.717) is 5.92 Å². The molecule has 2 nitrogen and oxygen atoms in total. The van der Waals surface area contributed by atoms with Crippen LogP contribution in [0.25, 0.3) is 0 Å². The Morgan fingerprint density at radius 3 is 2.83 bits per heavy atom. The maximum absolute atomic E-state index is 5.76. The second-order valence-electron chi connectivity index (χ2n) is 5.06. The molecule has 2 heteroatoms. The van der Waals surface area contributed by atoms with Gasteiger partial charge in [-0.25, -0.2) is 0 Å². The van der Waals surface area contributed by atoms with E-state index in [2.05, 4.69) is 42.6 Å². The number of nitrogens with one attached hydrogen (secondary N) is 1. The summed E-state index contributed by atoms with van der Waals surface area (Å²) in [7, 11) is 0. The molecule has 0 amide bonds. The zero-order chi connectivity index (χ0) is 12.5. The number of rotatable bonds is 3. The summed E-state index contributed by atoms with van der Waals surface area (Å²) in [5.41, 5.74) is 12.0. The van der Waals surface area contributed by atoms with Crippen LogP contribution in [0.2, 0.25) is 0 Å². The minimum absolute atomic E-state index is 0.651. The van der Waals surface area contributed by atoms with Gasteiger partial charge < -0.3 is 11.1 Å². The van der Waals surface area contributed by atoms with Gasteiger partial charge in [-0.05, 0) is 48.2 Å². The van der Waals surface area contributed by atoms with Crippen LogP contribution in [0.4, 0.5) is 11.4 Å². The smallest absolute Gasteiger partial charge is 0.0371 e. The first-order valence-electron chi connectivity index (χ1n) is 6.42. The van der Waals surface area contributed by atoms with Gasteiger partial charge in [-0.3, -0.25) is 0 Å². The Kier molecular flexibility index (Phi) is 2.71. The topological polar surface area (TPSA) is 38.0 Å². The Morgan fingerprint density at radius 2 is 2.06 bits per heavy atom. The fourth-order valence-corrected chi connectivity index (χ4v) is 2.66. The SMILES string of the molecule is Cc1cc(N)ccc1NCC1Cc2ccccc21. The van der Waals surface area contributed by atoms with Crippen molar-refractivity contribution in [3.05, 3.63) is 59.2 Å². The summed E-state index contributed by atoms with van der Waals surface area (Å²) in [6.45, 7) is 3.09. The van der Waals surface area contributed by atoms with Gasteiger partial charge in [-0.15, -0.1) is 0 Å². The van der Waals surface area contributed by atoms with Gasteiger partial charge >= 0.3 is 0 Å². The molecule has 92 valence electrons. The first-order chi connectivity index (χ1) is 8.74. The molecule has 3 rings (SSSR count). The summed E-state index contributed by atoms with van der Waals surface area (Å²) in [6, 6.07) is 14.7. The van der Waals surface area contributed by atoms with Crippen LogP contribution in [0.1, 0.15) is 22.6 Å². The molecule has 1 atom stereocenters. The molecule has 3 N–H and O–H groups in total. The maximum atomic E-state index is 5.76. The number of fused-ring (bicyclic) bond motifs is 1. The predicted octanol–water partition coefficient (Wildman–Crippen LogP) is 3.33. The molecule has 0 aromatic heterocycles. The van der Waals surface area contributed by atoms with E-state index in [-0.39, 0.29) is 0 Å². The lowest BCUT2D eigenvalue weighted by molar-refractivity contribution is 0.635. The number of aryl methyl sites for hydroxylation is 1. The highest BCUT2D eigenvalue weighted by Crippen LogP contribution is 2.35. The van der Waals surface area contributed by atoms with Crippen LogP contribution in [0, 0.1) is 6.92 Å². The van der Waals surface area contributed by atoms with E-state index in [9.17, 15) is 0 Å². The van der Waals surface area contributed by atoms with Crippen molar-refractivity contribution in [2.75, 3.05) is 17.6 Å². The summed E-state index contributed by atoms with van der Waals surface area (Å²) in [4.78, 5) is 0. The number of anilines is 2. The average molecular weight is 238 g/mol. The Labute approximate surface area is 108 Å². The third-order valence-corrected chi connectivity index (χ3v) is 3.75. The van der Waals surface area contributed by atoms with Gasteiger partial charge in [0, 0.05) is 23.8 Å². The van der Waals surface area contributed by atoms with Crippen LogP contribution in [0.3, 0.4) is 0 Å². The molecule has 0 radical (unpaired) electrons. The van der Waals surface area contributed by atoms with Gasteiger partial charge in [0.2, 0.25) is 0 Å². The van der Waals surface area contributed by atoms with Gasteiger partial charge in [-0.2, -0.15) is 0 Å². The standard InChI is InChI=1S/C16H18N2/c1-11-8-14(17)6-7-16(11)18-10-13-9-12-4-2-3-5-15(12)13/h2-8,13,18H,9-10,17H2,1H3. The molecule has 0 aliphatic heterocycles. The van der Waals surface area contributed by atoms with Crippen LogP contribution < -0.4 is 11.1 Å². The van der Waals surface area contributed by atoms with Crippen molar-refractivity contribution in [3.8, 4) is 0 Å². The molecule has 2 aromatic carbocycles. The fourth-order valence-electron chi connectivity index (χ4n) is 2.66. The first-order valence-corrected chi connectivity index (χ1v) is 6.42. The van der Waals surface area contributed by atoms with E-state index in [0.717, 1.165) is 12.2 Å². The number of benzene rings is 2. The van der Waals surface area contributed by atoms with Gasteiger partial charge in [0.1, 0.15) is 0 Å². The van der Waals surface area contributed by atoms with Crippen molar-refractivity contribution in [1.82, 2.24) is 0 Å². The molecule has 0 spiro atoms. The Morgan fingerprint density at radius 1 is 1.22 bits per heavy atom. The molecule has 0 saturated carbocycles. The summed E-state index contributed by atoms with van der Waals surface area (Å²) < 4.78 is 0. The van der Waals surface area contributed by atoms with E-state index < -0.39 is 0 Å². The minimum atomic E-state index is 0.651. The Balaban J connectivity index is 1.66. The van der Waals surface area contributed by atoms with Crippen LogP contribution in [0.5, 0.6) is 0 Å². The molecule has 0 heterocycles. The molecule has 1 aliphatic rings. The van der Waals surface area contributed by atoms with Crippen LogP contribution in [-0.4, -0.2) is 6.54 Å². The second kappa shape index (κ2) is 4.37. The third kappa shape index (κ3) is 1.94. The van der Waals surface area contributed by atoms with Gasteiger partial charge in [0.15, 0.2) is 0 Å². The number of hydrogen-bond donors (Lipinski definition) is 2. The first kappa shape index (κ1) is 11.1. The summed E-state index contributed by atoms with van der Waals surface area (Å²) in [6.07, 6.45) is 1.19. The lowest BCUT2D eigenvalue weighted by Crippen LogP contribution is -2.24. The van der Waals surface area contributed by atoms with E-state index in [1.807, 2.05) is 12.1 Å². The van der Waals surface area contributed by atoms with Gasteiger partial charge in [0.05, 0.1) is 0 Å². The van der Waals surface area contributed by atoms with Crippen molar-refractivity contribution in [3.63, 3.8) is 0 Å². The minimum Gasteiger partial charge on any atom is -0.399 e. The second-order valence-corrected chi connectivity index (χ2v) is 5.06. The number of nitrogens with two attached hydrogens (primary N) is 1. The molecule has 0 fully saturated rings. The monoisotopic (exact) mass is 238 g/mol. The third-order valence-electron chi connectivity index (χ3n) is 3.75. The lowest BCUT2D eigenvalue weighted by Gasteiger charge is -2.30. The van der Waals surface area contributed by atoms with Crippen molar-refractivity contribution >= 4 is 11.4 Å². The van der Waals surface area contributed by atoms with Crippen molar-refractivity contribution < 1.29 is 0 Å². The highest BCUT2D eigenvalue weighted by Gasteiger charge is 2.24. The zero-order valence-corrected chi connectivity index (χ0v) is 10.6. The normalized spacial score (nSPS) is 16.8. The molecule has 18 heavy (non-hydrogen) atoms. The van der Waals surface area contributed by atoms with Crippen LogP contribution in [0.15, 0.2) is 42.5 Å². The lowest BCUT2D eigenvalue weighted by atomic mass is 9.77. The van der Waals surface area contributed by atoms with Crippen molar-refractivity contribution in [1.29, 1.82) is 0 Å². The van der Waals surface area contributed by atoms with Gasteiger partial charge in [-0.1, -0.05) is 24.3 Å². The Bertz CT molecular complexity index is 575. The molecular formula is C16H18N2. The van der Waals surface area contributed by atoms with Crippen molar-refractivity contribution in [2.45, 2.75) is 19.3 Å². The molecule has 0 bridgehead atoms. The van der Waals surface area contributed by atoms with Gasteiger partial charge in [0.25, 0.3) is 0 Å².